The third-order valence-electron chi connectivity index (χ3n) is 4.00. The zero-order valence-electron chi connectivity index (χ0n) is 12.5. The van der Waals surface area contributed by atoms with Crippen molar-refractivity contribution in [1.29, 1.82) is 0 Å². The average molecular weight is 340 g/mol. The molecule has 1 saturated heterocycles. The predicted molar refractivity (Wildman–Crippen MR) is 87.1 cm³/mol. The molecule has 0 aromatic heterocycles. The van der Waals surface area contributed by atoms with Crippen LogP contribution >= 0.6 is 11.8 Å². The standard InChI is InChI=1S/C15H20N2O3S2/c1-11-3-2-4-13(7-11)22(19,20)17-10-21-9-14(17)15(18)16-8-12-5-6-12/h2-4,7,12,14H,5-6,8-10H2,1H3,(H,16,18)/t14-/m0/s1. The molecule has 5 nitrogen and oxygen atoms in total. The van der Waals surface area contributed by atoms with E-state index in [1.54, 1.807) is 18.2 Å². The van der Waals surface area contributed by atoms with Crippen LogP contribution in [-0.2, 0) is 14.8 Å². The van der Waals surface area contributed by atoms with E-state index in [0.29, 0.717) is 24.1 Å². The normalized spacial score (nSPS) is 22.7. The van der Waals surface area contributed by atoms with Crippen molar-refractivity contribution in [3.8, 4) is 0 Å². The first-order chi connectivity index (χ1) is 10.5. The van der Waals surface area contributed by atoms with E-state index in [0.717, 1.165) is 18.4 Å². The number of aryl methyl sites for hydroxylation is 1. The van der Waals surface area contributed by atoms with Gasteiger partial charge < -0.3 is 5.32 Å². The van der Waals surface area contributed by atoms with Crippen molar-refractivity contribution in [3.05, 3.63) is 29.8 Å². The number of amides is 1. The summed E-state index contributed by atoms with van der Waals surface area (Å²) in [6.07, 6.45) is 2.32. The van der Waals surface area contributed by atoms with E-state index in [2.05, 4.69) is 5.32 Å². The SMILES string of the molecule is Cc1cccc(S(=O)(=O)N2CSC[C@H]2C(=O)NCC2CC2)c1. The lowest BCUT2D eigenvalue weighted by molar-refractivity contribution is -0.123. The Morgan fingerprint density at radius 1 is 1.41 bits per heavy atom. The summed E-state index contributed by atoms with van der Waals surface area (Å²) in [5.41, 5.74) is 0.891. The molecule has 1 aliphatic heterocycles. The maximum absolute atomic E-state index is 12.8. The van der Waals surface area contributed by atoms with Crippen LogP contribution in [0.1, 0.15) is 18.4 Å². The highest BCUT2D eigenvalue weighted by Crippen LogP contribution is 2.30. The van der Waals surface area contributed by atoms with Crippen molar-refractivity contribution in [2.24, 2.45) is 5.92 Å². The minimum Gasteiger partial charge on any atom is -0.354 e. The number of carbonyl (C=O) groups excluding carboxylic acids is 1. The van der Waals surface area contributed by atoms with Gasteiger partial charge >= 0.3 is 0 Å². The highest BCUT2D eigenvalue weighted by Gasteiger charge is 2.40. The molecule has 3 rings (SSSR count). The molecule has 1 heterocycles. The lowest BCUT2D eigenvalue weighted by Gasteiger charge is -2.22. The van der Waals surface area contributed by atoms with Crippen LogP contribution in [-0.4, -0.2) is 42.8 Å². The number of rotatable bonds is 5. The molecule has 120 valence electrons. The second kappa shape index (κ2) is 6.22. The molecule has 1 aromatic rings. The number of nitrogens with zero attached hydrogens (tertiary/aromatic N) is 1. The maximum Gasteiger partial charge on any atom is 0.244 e. The Bertz CT molecular complexity index is 671. The van der Waals surface area contributed by atoms with Gasteiger partial charge in [0.15, 0.2) is 0 Å². The number of carbonyl (C=O) groups is 1. The van der Waals surface area contributed by atoms with E-state index >= 15 is 0 Å². The Morgan fingerprint density at radius 2 is 2.18 bits per heavy atom. The van der Waals surface area contributed by atoms with Crippen LogP contribution in [0.4, 0.5) is 0 Å². The molecule has 0 unspecified atom stereocenters. The number of thioether (sulfide) groups is 1. The van der Waals surface area contributed by atoms with Gasteiger partial charge in [-0.3, -0.25) is 4.79 Å². The fourth-order valence-corrected chi connectivity index (χ4v) is 5.72. The van der Waals surface area contributed by atoms with Gasteiger partial charge in [0.1, 0.15) is 6.04 Å². The van der Waals surface area contributed by atoms with Crippen molar-refractivity contribution in [3.63, 3.8) is 0 Å². The van der Waals surface area contributed by atoms with Gasteiger partial charge in [-0.15, -0.1) is 11.8 Å². The first-order valence-electron chi connectivity index (χ1n) is 7.42. The number of hydrogen-bond acceptors (Lipinski definition) is 4. The summed E-state index contributed by atoms with van der Waals surface area (Å²) in [5.74, 6) is 1.26. The van der Waals surface area contributed by atoms with Gasteiger partial charge in [0, 0.05) is 12.3 Å². The molecular formula is C15H20N2O3S2. The molecule has 0 radical (unpaired) electrons. The van der Waals surface area contributed by atoms with Crippen LogP contribution in [0.5, 0.6) is 0 Å². The number of nitrogens with one attached hydrogen (secondary N) is 1. The summed E-state index contributed by atoms with van der Waals surface area (Å²) in [4.78, 5) is 12.6. The van der Waals surface area contributed by atoms with Gasteiger partial charge in [-0.25, -0.2) is 8.42 Å². The van der Waals surface area contributed by atoms with Crippen LogP contribution in [0.2, 0.25) is 0 Å². The summed E-state index contributed by atoms with van der Waals surface area (Å²) in [5, 5.41) is 2.89. The molecule has 2 fully saturated rings. The van der Waals surface area contributed by atoms with E-state index < -0.39 is 16.1 Å². The minimum absolute atomic E-state index is 0.173. The van der Waals surface area contributed by atoms with Crippen molar-refractivity contribution >= 4 is 27.7 Å². The van der Waals surface area contributed by atoms with Crippen molar-refractivity contribution in [1.82, 2.24) is 9.62 Å². The quantitative estimate of drug-likeness (QED) is 0.884. The summed E-state index contributed by atoms with van der Waals surface area (Å²) in [6, 6.07) is 6.22. The minimum atomic E-state index is -3.63. The van der Waals surface area contributed by atoms with Crippen molar-refractivity contribution in [2.75, 3.05) is 18.2 Å². The number of sulfonamides is 1. The zero-order chi connectivity index (χ0) is 15.7. The largest absolute Gasteiger partial charge is 0.354 e. The lowest BCUT2D eigenvalue weighted by atomic mass is 10.2. The first kappa shape index (κ1) is 15.8. The molecule has 1 amide bonds. The zero-order valence-corrected chi connectivity index (χ0v) is 14.1. The molecule has 2 aliphatic rings. The van der Waals surface area contributed by atoms with Crippen molar-refractivity contribution in [2.45, 2.75) is 30.7 Å². The van der Waals surface area contributed by atoms with Gasteiger partial charge in [0.2, 0.25) is 15.9 Å². The number of hydrogen-bond donors (Lipinski definition) is 1. The topological polar surface area (TPSA) is 66.5 Å². The molecule has 7 heteroatoms. The van der Waals surface area contributed by atoms with Gasteiger partial charge in [-0.1, -0.05) is 12.1 Å². The fourth-order valence-electron chi connectivity index (χ4n) is 2.47. The average Bonchev–Trinajstić information content (AvgIpc) is 3.18. The monoisotopic (exact) mass is 340 g/mol. The Morgan fingerprint density at radius 3 is 2.86 bits per heavy atom. The summed E-state index contributed by atoms with van der Waals surface area (Å²) in [7, 11) is -3.63. The second-order valence-electron chi connectivity index (χ2n) is 5.91. The Hall–Kier alpha value is -1.05. The summed E-state index contributed by atoms with van der Waals surface area (Å²) < 4.78 is 26.9. The summed E-state index contributed by atoms with van der Waals surface area (Å²) in [6.45, 7) is 2.52. The van der Waals surface area contributed by atoms with E-state index in [-0.39, 0.29) is 10.8 Å². The van der Waals surface area contributed by atoms with Crippen LogP contribution in [0, 0.1) is 12.8 Å². The van der Waals surface area contributed by atoms with Gasteiger partial charge in [-0.2, -0.15) is 4.31 Å². The van der Waals surface area contributed by atoms with Crippen LogP contribution in [0.3, 0.4) is 0 Å². The van der Waals surface area contributed by atoms with E-state index in [1.165, 1.54) is 16.1 Å². The molecule has 1 aliphatic carbocycles. The van der Waals surface area contributed by atoms with E-state index in [9.17, 15) is 13.2 Å². The van der Waals surface area contributed by atoms with Crippen LogP contribution in [0.25, 0.3) is 0 Å². The molecular weight excluding hydrogens is 320 g/mol. The van der Waals surface area contributed by atoms with E-state index in [4.69, 9.17) is 0 Å². The second-order valence-corrected chi connectivity index (χ2v) is 8.80. The lowest BCUT2D eigenvalue weighted by Crippen LogP contribution is -2.47. The third-order valence-corrected chi connectivity index (χ3v) is 7.03. The smallest absolute Gasteiger partial charge is 0.244 e. The van der Waals surface area contributed by atoms with Crippen molar-refractivity contribution < 1.29 is 13.2 Å². The Kier molecular flexibility index (Phi) is 4.47. The summed E-state index contributed by atoms with van der Waals surface area (Å²) >= 11 is 1.48. The number of benzene rings is 1. The molecule has 1 saturated carbocycles. The van der Waals surface area contributed by atoms with E-state index in [1.807, 2.05) is 13.0 Å². The van der Waals surface area contributed by atoms with Gasteiger partial charge in [0.25, 0.3) is 0 Å². The highest BCUT2D eigenvalue weighted by molar-refractivity contribution is 8.00. The van der Waals surface area contributed by atoms with Crippen LogP contribution < -0.4 is 5.32 Å². The molecule has 1 aromatic carbocycles. The van der Waals surface area contributed by atoms with Crippen LogP contribution in [0.15, 0.2) is 29.2 Å². The molecule has 1 N–H and O–H groups in total. The highest BCUT2D eigenvalue weighted by atomic mass is 32.2. The predicted octanol–water partition coefficient (Wildman–Crippen LogP) is 1.58. The Labute approximate surface area is 135 Å². The van der Waals surface area contributed by atoms with Gasteiger partial charge in [-0.05, 0) is 43.4 Å². The fraction of sp³-hybridized carbons (Fsp3) is 0.533. The maximum atomic E-state index is 12.8. The molecule has 0 spiro atoms. The van der Waals surface area contributed by atoms with Gasteiger partial charge in [0.05, 0.1) is 10.8 Å². The first-order valence-corrected chi connectivity index (χ1v) is 10.0. The molecule has 1 atom stereocenters. The molecule has 0 bridgehead atoms. The molecule has 22 heavy (non-hydrogen) atoms. The third kappa shape index (κ3) is 3.31. The Balaban J connectivity index is 1.77.